The Morgan fingerprint density at radius 3 is 3.07 bits per heavy atom. The first-order valence-electron chi connectivity index (χ1n) is 4.22. The van der Waals surface area contributed by atoms with Gasteiger partial charge in [0.15, 0.2) is 0 Å². The molecule has 2 rings (SSSR count). The number of nitrogens with zero attached hydrogens (tertiary/aromatic N) is 2. The van der Waals surface area contributed by atoms with Gasteiger partial charge in [-0.2, -0.15) is 0 Å². The van der Waals surface area contributed by atoms with Gasteiger partial charge >= 0.3 is 0 Å². The van der Waals surface area contributed by atoms with Gasteiger partial charge in [0.1, 0.15) is 5.82 Å². The highest BCUT2D eigenvalue weighted by atomic mass is 79.9. The van der Waals surface area contributed by atoms with Gasteiger partial charge in [-0.3, -0.25) is 0 Å². The summed E-state index contributed by atoms with van der Waals surface area (Å²) in [6.07, 6.45) is 3.74. The maximum atomic E-state index is 5.56. The average molecular weight is 272 g/mol. The van der Waals surface area contributed by atoms with Gasteiger partial charge in [-0.1, -0.05) is 0 Å². The molecule has 0 fully saturated rings. The van der Waals surface area contributed by atoms with Crippen molar-refractivity contribution >= 4 is 27.3 Å². The maximum absolute atomic E-state index is 5.56. The fourth-order valence-corrected chi connectivity index (χ4v) is 2.73. The fraction of sp³-hybridized carbons (Fsp3) is 0.222. The predicted octanol–water partition coefficient (Wildman–Crippen LogP) is 2.21. The molecular formula is C9H10BrN3S. The molecule has 2 aromatic rings. The van der Waals surface area contributed by atoms with Crippen LogP contribution in [0, 0.1) is 0 Å². The molecule has 0 unspecified atom stereocenters. The second kappa shape index (κ2) is 4.25. The van der Waals surface area contributed by atoms with E-state index in [0.29, 0.717) is 6.54 Å². The molecule has 2 heterocycles. The molecule has 5 heteroatoms. The number of hydrogen-bond acceptors (Lipinski definition) is 3. The van der Waals surface area contributed by atoms with Crippen LogP contribution in [0.15, 0.2) is 28.3 Å². The van der Waals surface area contributed by atoms with Gasteiger partial charge in [-0.05, 0) is 22.0 Å². The topological polar surface area (TPSA) is 43.8 Å². The molecule has 14 heavy (non-hydrogen) atoms. The molecule has 74 valence electrons. The van der Waals surface area contributed by atoms with Crippen molar-refractivity contribution in [2.45, 2.75) is 13.1 Å². The van der Waals surface area contributed by atoms with E-state index in [2.05, 4.69) is 36.9 Å². The SMILES string of the molecule is NCc1nccn1Cc1cc(Br)cs1. The van der Waals surface area contributed by atoms with E-state index >= 15 is 0 Å². The molecule has 0 spiro atoms. The van der Waals surface area contributed by atoms with Crippen LogP contribution in [-0.2, 0) is 13.1 Å². The van der Waals surface area contributed by atoms with Gasteiger partial charge in [0.25, 0.3) is 0 Å². The molecule has 2 aromatic heterocycles. The number of halogens is 1. The van der Waals surface area contributed by atoms with Gasteiger partial charge < -0.3 is 10.3 Å². The molecule has 0 saturated carbocycles. The lowest BCUT2D eigenvalue weighted by Crippen LogP contribution is -2.07. The molecule has 0 aromatic carbocycles. The average Bonchev–Trinajstić information content (AvgIpc) is 2.76. The van der Waals surface area contributed by atoms with Gasteiger partial charge in [0.2, 0.25) is 0 Å². The Morgan fingerprint density at radius 2 is 2.43 bits per heavy atom. The third kappa shape index (κ3) is 2.05. The van der Waals surface area contributed by atoms with E-state index in [1.165, 1.54) is 4.88 Å². The minimum Gasteiger partial charge on any atom is -0.329 e. The highest BCUT2D eigenvalue weighted by Gasteiger charge is 2.02. The maximum Gasteiger partial charge on any atom is 0.122 e. The number of imidazole rings is 1. The summed E-state index contributed by atoms with van der Waals surface area (Å²) in [7, 11) is 0. The molecule has 3 nitrogen and oxygen atoms in total. The van der Waals surface area contributed by atoms with E-state index in [1.54, 1.807) is 17.5 Å². The van der Waals surface area contributed by atoms with Crippen molar-refractivity contribution in [3.05, 3.63) is 39.0 Å². The molecular weight excluding hydrogens is 262 g/mol. The first-order valence-corrected chi connectivity index (χ1v) is 5.90. The Labute approximate surface area is 94.7 Å². The van der Waals surface area contributed by atoms with Crippen molar-refractivity contribution in [3.63, 3.8) is 0 Å². The lowest BCUT2D eigenvalue weighted by molar-refractivity contribution is 0.731. The Bertz CT molecular complexity index is 421. The van der Waals surface area contributed by atoms with Gasteiger partial charge in [-0.25, -0.2) is 4.98 Å². The fourth-order valence-electron chi connectivity index (χ4n) is 1.28. The van der Waals surface area contributed by atoms with Crippen molar-refractivity contribution in [1.82, 2.24) is 9.55 Å². The zero-order valence-electron chi connectivity index (χ0n) is 7.48. The van der Waals surface area contributed by atoms with Crippen molar-refractivity contribution in [1.29, 1.82) is 0 Å². The Balaban J connectivity index is 2.18. The molecule has 0 aliphatic heterocycles. The highest BCUT2D eigenvalue weighted by Crippen LogP contribution is 2.20. The largest absolute Gasteiger partial charge is 0.329 e. The summed E-state index contributed by atoms with van der Waals surface area (Å²) in [5, 5.41) is 2.08. The molecule has 0 aliphatic carbocycles. The van der Waals surface area contributed by atoms with Crippen molar-refractivity contribution in [3.8, 4) is 0 Å². The number of hydrogen-bond donors (Lipinski definition) is 1. The lowest BCUT2D eigenvalue weighted by Gasteiger charge is -2.03. The van der Waals surface area contributed by atoms with E-state index in [9.17, 15) is 0 Å². The predicted molar refractivity (Wildman–Crippen MR) is 61.2 cm³/mol. The first-order chi connectivity index (χ1) is 6.79. The third-order valence-corrected chi connectivity index (χ3v) is 3.61. The van der Waals surface area contributed by atoms with E-state index in [0.717, 1.165) is 16.8 Å². The standard InChI is InChI=1S/C9H10BrN3S/c10-7-3-8(14-6-7)5-13-2-1-12-9(13)4-11/h1-3,6H,4-5,11H2. The van der Waals surface area contributed by atoms with Gasteiger partial charge in [0, 0.05) is 27.1 Å². The van der Waals surface area contributed by atoms with Crippen LogP contribution in [0.5, 0.6) is 0 Å². The number of nitrogens with two attached hydrogens (primary N) is 1. The van der Waals surface area contributed by atoms with Crippen LogP contribution < -0.4 is 5.73 Å². The van der Waals surface area contributed by atoms with Crippen LogP contribution in [0.3, 0.4) is 0 Å². The van der Waals surface area contributed by atoms with Crippen molar-refractivity contribution in [2.75, 3.05) is 0 Å². The van der Waals surface area contributed by atoms with Crippen LogP contribution in [-0.4, -0.2) is 9.55 Å². The van der Waals surface area contributed by atoms with Gasteiger partial charge in [-0.15, -0.1) is 11.3 Å². The molecule has 2 N–H and O–H groups in total. The third-order valence-electron chi connectivity index (χ3n) is 1.93. The van der Waals surface area contributed by atoms with E-state index in [4.69, 9.17) is 5.73 Å². The van der Waals surface area contributed by atoms with Gasteiger partial charge in [0.05, 0.1) is 13.1 Å². The zero-order valence-corrected chi connectivity index (χ0v) is 9.88. The Kier molecular flexibility index (Phi) is 3.00. The second-order valence-electron chi connectivity index (χ2n) is 2.91. The summed E-state index contributed by atoms with van der Waals surface area (Å²) in [5.74, 6) is 0.925. The molecule has 0 aliphatic rings. The van der Waals surface area contributed by atoms with Crippen LogP contribution in [0.25, 0.3) is 0 Å². The minimum absolute atomic E-state index is 0.486. The first kappa shape index (κ1) is 9.89. The summed E-state index contributed by atoms with van der Waals surface area (Å²) < 4.78 is 3.20. The Morgan fingerprint density at radius 1 is 1.57 bits per heavy atom. The summed E-state index contributed by atoms with van der Waals surface area (Å²) in [6, 6.07) is 2.12. The summed E-state index contributed by atoms with van der Waals surface area (Å²) in [6.45, 7) is 1.34. The molecule has 0 saturated heterocycles. The van der Waals surface area contributed by atoms with Crippen LogP contribution in [0.4, 0.5) is 0 Å². The monoisotopic (exact) mass is 271 g/mol. The van der Waals surface area contributed by atoms with Crippen LogP contribution in [0.2, 0.25) is 0 Å². The smallest absolute Gasteiger partial charge is 0.122 e. The number of aromatic nitrogens is 2. The number of thiophene rings is 1. The van der Waals surface area contributed by atoms with Crippen molar-refractivity contribution < 1.29 is 0 Å². The number of rotatable bonds is 3. The summed E-state index contributed by atoms with van der Waals surface area (Å²) in [4.78, 5) is 5.46. The highest BCUT2D eigenvalue weighted by molar-refractivity contribution is 9.10. The van der Waals surface area contributed by atoms with E-state index < -0.39 is 0 Å². The molecule has 0 bridgehead atoms. The molecule has 0 radical (unpaired) electrons. The quantitative estimate of drug-likeness (QED) is 0.931. The molecule has 0 atom stereocenters. The second-order valence-corrected chi connectivity index (χ2v) is 4.82. The normalized spacial score (nSPS) is 10.7. The summed E-state index contributed by atoms with van der Waals surface area (Å²) >= 11 is 5.16. The lowest BCUT2D eigenvalue weighted by atomic mass is 10.4. The zero-order chi connectivity index (χ0) is 9.97. The van der Waals surface area contributed by atoms with Crippen LogP contribution in [0.1, 0.15) is 10.7 Å². The van der Waals surface area contributed by atoms with E-state index in [1.807, 2.05) is 6.20 Å². The van der Waals surface area contributed by atoms with Crippen LogP contribution >= 0.6 is 27.3 Å². The Hall–Kier alpha value is -0.650. The van der Waals surface area contributed by atoms with Crippen molar-refractivity contribution in [2.24, 2.45) is 5.73 Å². The summed E-state index contributed by atoms with van der Waals surface area (Å²) in [5.41, 5.74) is 5.56. The minimum atomic E-state index is 0.486. The molecule has 0 amide bonds. The van der Waals surface area contributed by atoms with E-state index in [-0.39, 0.29) is 0 Å².